The van der Waals surface area contributed by atoms with Crippen molar-refractivity contribution in [3.05, 3.63) is 30.0 Å². The Hall–Kier alpha value is -1.84. The molecule has 2 aromatic rings. The number of aryl methyl sites for hydroxylation is 1. The lowest BCUT2D eigenvalue weighted by molar-refractivity contribution is 0.0947. The average molecular weight is 229 g/mol. The minimum Gasteiger partial charge on any atom is -0.348 e. The van der Waals surface area contributed by atoms with Crippen LogP contribution in [0.1, 0.15) is 30.3 Å². The van der Waals surface area contributed by atoms with Crippen LogP contribution in [0, 0.1) is 0 Å². The Balaban J connectivity index is 2.05. The van der Waals surface area contributed by atoms with Gasteiger partial charge in [0.05, 0.1) is 5.52 Å². The average Bonchev–Trinajstić information content (AvgIpc) is 3.08. The van der Waals surface area contributed by atoms with Gasteiger partial charge in [0.25, 0.3) is 5.91 Å². The summed E-state index contributed by atoms with van der Waals surface area (Å²) in [4.78, 5) is 12.1. The standard InChI is InChI=1S/C13H15N3O/c1-2-16-11-6-4-3-5-10(11)12(15-16)13(17)14-9-7-8-9/h3-6,9H,2,7-8H2,1H3,(H,14,17). The molecule has 3 rings (SSSR count). The molecule has 0 bridgehead atoms. The van der Waals surface area contributed by atoms with Crippen molar-refractivity contribution in [3.8, 4) is 0 Å². The molecule has 1 aliphatic rings. The number of rotatable bonds is 3. The van der Waals surface area contributed by atoms with Gasteiger partial charge in [-0.05, 0) is 25.8 Å². The Morgan fingerprint density at radius 2 is 2.24 bits per heavy atom. The number of para-hydroxylation sites is 1. The van der Waals surface area contributed by atoms with Crippen molar-refractivity contribution in [3.63, 3.8) is 0 Å². The Kier molecular flexibility index (Phi) is 2.35. The van der Waals surface area contributed by atoms with Gasteiger partial charge < -0.3 is 5.32 Å². The van der Waals surface area contributed by atoms with Crippen LogP contribution >= 0.6 is 0 Å². The number of hydrogen-bond donors (Lipinski definition) is 1. The van der Waals surface area contributed by atoms with Crippen LogP contribution in [0.2, 0.25) is 0 Å². The molecule has 1 aromatic carbocycles. The molecule has 88 valence electrons. The van der Waals surface area contributed by atoms with Gasteiger partial charge in [-0.1, -0.05) is 18.2 Å². The molecule has 1 aromatic heterocycles. The number of amides is 1. The molecule has 4 heteroatoms. The number of fused-ring (bicyclic) bond motifs is 1. The number of carbonyl (C=O) groups excluding carboxylic acids is 1. The largest absolute Gasteiger partial charge is 0.348 e. The quantitative estimate of drug-likeness (QED) is 0.874. The minimum atomic E-state index is -0.0455. The van der Waals surface area contributed by atoms with Gasteiger partial charge in [-0.2, -0.15) is 5.10 Å². The van der Waals surface area contributed by atoms with E-state index in [1.165, 1.54) is 0 Å². The van der Waals surface area contributed by atoms with Crippen molar-refractivity contribution in [1.82, 2.24) is 15.1 Å². The van der Waals surface area contributed by atoms with Gasteiger partial charge in [0.15, 0.2) is 5.69 Å². The van der Waals surface area contributed by atoms with Crippen molar-refractivity contribution in [2.75, 3.05) is 0 Å². The van der Waals surface area contributed by atoms with Crippen LogP contribution in [0.15, 0.2) is 24.3 Å². The Bertz CT molecular complexity index is 569. The first-order valence-corrected chi connectivity index (χ1v) is 6.06. The number of benzene rings is 1. The van der Waals surface area contributed by atoms with Gasteiger partial charge in [0.2, 0.25) is 0 Å². The second kappa shape index (κ2) is 3.87. The number of carbonyl (C=O) groups is 1. The summed E-state index contributed by atoms with van der Waals surface area (Å²) < 4.78 is 1.87. The molecule has 0 atom stereocenters. The van der Waals surface area contributed by atoms with Crippen LogP contribution in [0.25, 0.3) is 10.9 Å². The first-order valence-electron chi connectivity index (χ1n) is 6.06. The lowest BCUT2D eigenvalue weighted by Gasteiger charge is -1.99. The van der Waals surface area contributed by atoms with Crippen LogP contribution in [0.4, 0.5) is 0 Å². The maximum atomic E-state index is 12.1. The Morgan fingerprint density at radius 3 is 2.94 bits per heavy atom. The Labute approximate surface area is 99.6 Å². The molecule has 1 aliphatic carbocycles. The minimum absolute atomic E-state index is 0.0455. The van der Waals surface area contributed by atoms with E-state index >= 15 is 0 Å². The van der Waals surface area contributed by atoms with Gasteiger partial charge in [0.1, 0.15) is 0 Å². The van der Waals surface area contributed by atoms with Crippen LogP contribution in [-0.4, -0.2) is 21.7 Å². The van der Waals surface area contributed by atoms with E-state index in [9.17, 15) is 4.79 Å². The van der Waals surface area contributed by atoms with Crippen LogP contribution < -0.4 is 5.32 Å². The zero-order chi connectivity index (χ0) is 11.8. The summed E-state index contributed by atoms with van der Waals surface area (Å²) >= 11 is 0. The summed E-state index contributed by atoms with van der Waals surface area (Å²) in [6.07, 6.45) is 2.19. The lowest BCUT2D eigenvalue weighted by Crippen LogP contribution is -2.26. The number of nitrogens with one attached hydrogen (secondary N) is 1. The van der Waals surface area contributed by atoms with Gasteiger partial charge in [-0.3, -0.25) is 9.48 Å². The molecule has 0 unspecified atom stereocenters. The number of aromatic nitrogens is 2. The molecule has 1 fully saturated rings. The third kappa shape index (κ3) is 1.79. The second-order valence-electron chi connectivity index (χ2n) is 4.43. The van der Waals surface area contributed by atoms with Gasteiger partial charge in [0, 0.05) is 18.0 Å². The first kappa shape index (κ1) is 10.3. The maximum absolute atomic E-state index is 12.1. The lowest BCUT2D eigenvalue weighted by atomic mass is 10.2. The summed E-state index contributed by atoms with van der Waals surface area (Å²) in [5, 5.41) is 8.32. The summed E-state index contributed by atoms with van der Waals surface area (Å²) in [6.45, 7) is 2.80. The third-order valence-corrected chi connectivity index (χ3v) is 3.09. The topological polar surface area (TPSA) is 46.9 Å². The van der Waals surface area contributed by atoms with E-state index in [1.807, 2.05) is 35.9 Å². The van der Waals surface area contributed by atoms with E-state index in [0.717, 1.165) is 30.3 Å². The van der Waals surface area contributed by atoms with Gasteiger partial charge >= 0.3 is 0 Å². The molecule has 1 N–H and O–H groups in total. The number of hydrogen-bond acceptors (Lipinski definition) is 2. The molecule has 0 aliphatic heterocycles. The highest BCUT2D eigenvalue weighted by Crippen LogP contribution is 2.22. The fourth-order valence-electron chi connectivity index (χ4n) is 2.02. The van der Waals surface area contributed by atoms with E-state index in [1.54, 1.807) is 0 Å². The van der Waals surface area contributed by atoms with E-state index in [0.29, 0.717) is 11.7 Å². The summed E-state index contributed by atoms with van der Waals surface area (Å²) in [6, 6.07) is 8.24. The third-order valence-electron chi connectivity index (χ3n) is 3.09. The predicted molar refractivity (Wildman–Crippen MR) is 65.9 cm³/mol. The highest BCUT2D eigenvalue weighted by atomic mass is 16.2. The highest BCUT2D eigenvalue weighted by Gasteiger charge is 2.26. The SMILES string of the molecule is CCn1nc(C(=O)NC2CC2)c2ccccc21. The molecule has 0 saturated heterocycles. The summed E-state index contributed by atoms with van der Waals surface area (Å²) in [5.74, 6) is -0.0455. The van der Waals surface area contributed by atoms with E-state index in [4.69, 9.17) is 0 Å². The van der Waals surface area contributed by atoms with Crippen molar-refractivity contribution in [1.29, 1.82) is 0 Å². The van der Waals surface area contributed by atoms with Crippen molar-refractivity contribution < 1.29 is 4.79 Å². The maximum Gasteiger partial charge on any atom is 0.272 e. The Morgan fingerprint density at radius 1 is 1.47 bits per heavy atom. The van der Waals surface area contributed by atoms with Crippen molar-refractivity contribution >= 4 is 16.8 Å². The molecule has 1 heterocycles. The molecule has 4 nitrogen and oxygen atoms in total. The molecule has 1 amide bonds. The van der Waals surface area contributed by atoms with Crippen molar-refractivity contribution in [2.24, 2.45) is 0 Å². The van der Waals surface area contributed by atoms with E-state index in [2.05, 4.69) is 10.4 Å². The molecule has 0 spiro atoms. The van der Waals surface area contributed by atoms with E-state index in [-0.39, 0.29) is 5.91 Å². The normalized spacial score (nSPS) is 15.1. The number of nitrogens with zero attached hydrogens (tertiary/aromatic N) is 2. The zero-order valence-corrected chi connectivity index (χ0v) is 9.81. The van der Waals surface area contributed by atoms with Crippen LogP contribution in [-0.2, 0) is 6.54 Å². The smallest absolute Gasteiger partial charge is 0.272 e. The summed E-state index contributed by atoms with van der Waals surface area (Å²) in [5.41, 5.74) is 1.57. The molecule has 0 radical (unpaired) electrons. The van der Waals surface area contributed by atoms with Crippen molar-refractivity contribution in [2.45, 2.75) is 32.4 Å². The monoisotopic (exact) mass is 229 g/mol. The van der Waals surface area contributed by atoms with Gasteiger partial charge in [-0.15, -0.1) is 0 Å². The molecular formula is C13H15N3O. The summed E-state index contributed by atoms with van der Waals surface area (Å²) in [7, 11) is 0. The van der Waals surface area contributed by atoms with Gasteiger partial charge in [-0.25, -0.2) is 0 Å². The first-order chi connectivity index (χ1) is 8.29. The fourth-order valence-corrected chi connectivity index (χ4v) is 2.02. The second-order valence-corrected chi connectivity index (χ2v) is 4.43. The van der Waals surface area contributed by atoms with Crippen LogP contribution in [0.3, 0.4) is 0 Å². The van der Waals surface area contributed by atoms with E-state index < -0.39 is 0 Å². The zero-order valence-electron chi connectivity index (χ0n) is 9.81. The highest BCUT2D eigenvalue weighted by molar-refractivity contribution is 6.05. The fraction of sp³-hybridized carbons (Fsp3) is 0.385. The van der Waals surface area contributed by atoms with Crippen LogP contribution in [0.5, 0.6) is 0 Å². The molecule has 17 heavy (non-hydrogen) atoms. The predicted octanol–water partition coefficient (Wildman–Crippen LogP) is 1.95. The molecule has 1 saturated carbocycles. The molecular weight excluding hydrogens is 214 g/mol.